The Bertz CT molecular complexity index is 1020. The second-order valence-corrected chi connectivity index (χ2v) is 9.66. The van der Waals surface area contributed by atoms with Gasteiger partial charge in [-0.15, -0.1) is 0 Å². The maximum Gasteiger partial charge on any atom is 0.243 e. The van der Waals surface area contributed by atoms with Crippen molar-refractivity contribution in [1.29, 1.82) is 0 Å². The smallest absolute Gasteiger partial charge is 0.243 e. The summed E-state index contributed by atoms with van der Waals surface area (Å²) in [7, 11) is -3.50. The minimum atomic E-state index is -3.50. The molecule has 158 valence electrons. The molecule has 2 heterocycles. The van der Waals surface area contributed by atoms with Crippen molar-refractivity contribution in [3.63, 3.8) is 0 Å². The Morgan fingerprint density at radius 3 is 2.27 bits per heavy atom. The zero-order chi connectivity index (χ0) is 21.1. The van der Waals surface area contributed by atoms with E-state index in [0.717, 1.165) is 24.9 Å². The third-order valence-corrected chi connectivity index (χ3v) is 7.55. The molecule has 2 aromatic carbocycles. The first kappa shape index (κ1) is 20.6. The fourth-order valence-corrected chi connectivity index (χ4v) is 5.47. The number of para-hydroxylation sites is 1. The van der Waals surface area contributed by atoms with Crippen molar-refractivity contribution in [3.05, 3.63) is 54.6 Å². The first-order valence-electron chi connectivity index (χ1n) is 10.2. The van der Waals surface area contributed by atoms with Crippen LogP contribution >= 0.6 is 0 Å². The highest BCUT2D eigenvalue weighted by molar-refractivity contribution is 7.89. The number of hydrogen-bond donors (Lipinski definition) is 1. The number of hydrogen-bond acceptors (Lipinski definition) is 4. The highest BCUT2D eigenvalue weighted by atomic mass is 32.2. The summed E-state index contributed by atoms with van der Waals surface area (Å²) in [6, 6.07) is 15.5. The number of anilines is 2. The van der Waals surface area contributed by atoms with E-state index >= 15 is 0 Å². The molecule has 8 heteroatoms. The summed E-state index contributed by atoms with van der Waals surface area (Å²) in [5.41, 5.74) is 1.30. The van der Waals surface area contributed by atoms with Gasteiger partial charge in [0.15, 0.2) is 0 Å². The number of nitrogens with zero attached hydrogens (tertiary/aromatic N) is 2. The van der Waals surface area contributed by atoms with E-state index in [1.807, 2.05) is 30.3 Å². The van der Waals surface area contributed by atoms with E-state index in [-0.39, 0.29) is 23.1 Å². The Labute approximate surface area is 176 Å². The van der Waals surface area contributed by atoms with Gasteiger partial charge in [-0.05, 0) is 49.2 Å². The lowest BCUT2D eigenvalue weighted by atomic mass is 10.1. The number of benzene rings is 2. The normalized spacial score (nSPS) is 20.3. The monoisotopic (exact) mass is 427 g/mol. The fourth-order valence-electron chi connectivity index (χ4n) is 3.95. The molecule has 0 radical (unpaired) electrons. The summed E-state index contributed by atoms with van der Waals surface area (Å²) < 4.78 is 27.0. The van der Waals surface area contributed by atoms with Crippen LogP contribution in [-0.2, 0) is 19.6 Å². The summed E-state index contributed by atoms with van der Waals surface area (Å²) in [5, 5.41) is 2.81. The molecule has 2 fully saturated rings. The second-order valence-electron chi connectivity index (χ2n) is 7.72. The molecule has 2 aliphatic rings. The lowest BCUT2D eigenvalue weighted by molar-refractivity contribution is -0.122. The van der Waals surface area contributed by atoms with Gasteiger partial charge in [0.2, 0.25) is 21.8 Å². The van der Waals surface area contributed by atoms with Crippen LogP contribution in [0.25, 0.3) is 0 Å². The molecule has 30 heavy (non-hydrogen) atoms. The zero-order valence-electron chi connectivity index (χ0n) is 16.7. The van der Waals surface area contributed by atoms with Gasteiger partial charge in [0.05, 0.1) is 10.8 Å². The average molecular weight is 428 g/mol. The van der Waals surface area contributed by atoms with Gasteiger partial charge in [0, 0.05) is 37.4 Å². The molecule has 2 saturated heterocycles. The minimum absolute atomic E-state index is 0.0793. The maximum atomic E-state index is 12.7. The lowest BCUT2D eigenvalue weighted by Gasteiger charge is -2.25. The first-order chi connectivity index (χ1) is 14.4. The number of sulfonamides is 1. The van der Waals surface area contributed by atoms with Crippen molar-refractivity contribution >= 4 is 33.2 Å². The Hall–Kier alpha value is -2.71. The molecule has 4 rings (SSSR count). The van der Waals surface area contributed by atoms with Crippen LogP contribution in [0, 0.1) is 5.92 Å². The second kappa shape index (κ2) is 8.57. The fraction of sp³-hybridized carbons (Fsp3) is 0.364. The Morgan fingerprint density at radius 1 is 0.933 bits per heavy atom. The standard InChI is InChI=1S/C22H25N3O4S/c26-21-15-17(16-25(21)19-7-3-1-4-8-19)22(27)23-18-9-11-20(12-10-18)30(28,29)24-13-5-2-6-14-24/h1,3-4,7-12,17H,2,5-6,13-16H2,(H,23,27)/t17-/m0/s1. The van der Waals surface area contributed by atoms with E-state index in [2.05, 4.69) is 5.32 Å². The van der Waals surface area contributed by atoms with Crippen LogP contribution in [0.2, 0.25) is 0 Å². The van der Waals surface area contributed by atoms with E-state index in [4.69, 9.17) is 0 Å². The molecule has 1 atom stereocenters. The van der Waals surface area contributed by atoms with Gasteiger partial charge < -0.3 is 10.2 Å². The number of amides is 2. The molecule has 0 aliphatic carbocycles. The third kappa shape index (κ3) is 4.24. The summed E-state index contributed by atoms with van der Waals surface area (Å²) in [6.45, 7) is 1.43. The van der Waals surface area contributed by atoms with Crippen molar-refractivity contribution in [1.82, 2.24) is 4.31 Å². The van der Waals surface area contributed by atoms with Gasteiger partial charge in [-0.25, -0.2) is 8.42 Å². The molecule has 0 saturated carbocycles. The van der Waals surface area contributed by atoms with E-state index in [0.29, 0.717) is 25.3 Å². The first-order valence-corrected chi connectivity index (χ1v) is 11.7. The molecule has 2 aromatic rings. The van der Waals surface area contributed by atoms with Crippen molar-refractivity contribution in [2.45, 2.75) is 30.6 Å². The quantitative estimate of drug-likeness (QED) is 0.795. The average Bonchev–Trinajstić information content (AvgIpc) is 3.17. The van der Waals surface area contributed by atoms with Crippen LogP contribution in [0.5, 0.6) is 0 Å². The number of nitrogens with one attached hydrogen (secondary N) is 1. The molecule has 2 amide bonds. The lowest BCUT2D eigenvalue weighted by Crippen LogP contribution is -2.35. The predicted octanol–water partition coefficient (Wildman–Crippen LogP) is 2.85. The van der Waals surface area contributed by atoms with Gasteiger partial charge >= 0.3 is 0 Å². The zero-order valence-corrected chi connectivity index (χ0v) is 17.5. The van der Waals surface area contributed by atoms with Gasteiger partial charge in [-0.3, -0.25) is 9.59 Å². The van der Waals surface area contributed by atoms with E-state index in [1.54, 1.807) is 17.0 Å². The summed E-state index contributed by atoms with van der Waals surface area (Å²) in [4.78, 5) is 26.8. The SMILES string of the molecule is O=C(Nc1ccc(S(=O)(=O)N2CCCCC2)cc1)[C@H]1CC(=O)N(c2ccccc2)C1. The number of rotatable bonds is 5. The van der Waals surface area contributed by atoms with E-state index in [1.165, 1.54) is 16.4 Å². The van der Waals surface area contributed by atoms with Crippen LogP contribution in [0.4, 0.5) is 11.4 Å². The van der Waals surface area contributed by atoms with E-state index < -0.39 is 15.9 Å². The van der Waals surface area contributed by atoms with Crippen molar-refractivity contribution < 1.29 is 18.0 Å². The van der Waals surface area contributed by atoms with Gasteiger partial charge in [0.1, 0.15) is 0 Å². The third-order valence-electron chi connectivity index (χ3n) is 5.64. The highest BCUT2D eigenvalue weighted by Crippen LogP contribution is 2.26. The van der Waals surface area contributed by atoms with Crippen LogP contribution in [0.1, 0.15) is 25.7 Å². The molecule has 1 N–H and O–H groups in total. The molecule has 0 spiro atoms. The number of carbonyl (C=O) groups excluding carboxylic acids is 2. The molecule has 2 aliphatic heterocycles. The number of carbonyl (C=O) groups is 2. The van der Waals surface area contributed by atoms with Gasteiger partial charge in [0.25, 0.3) is 0 Å². The van der Waals surface area contributed by atoms with Crippen LogP contribution in [-0.4, -0.2) is 44.2 Å². The maximum absolute atomic E-state index is 12.7. The molecular formula is C22H25N3O4S. The molecule has 0 bridgehead atoms. The van der Waals surface area contributed by atoms with Crippen LogP contribution in [0.15, 0.2) is 59.5 Å². The summed E-state index contributed by atoms with van der Waals surface area (Å²) >= 11 is 0. The van der Waals surface area contributed by atoms with Gasteiger partial charge in [-0.1, -0.05) is 24.6 Å². The number of piperidine rings is 1. The van der Waals surface area contributed by atoms with Crippen molar-refractivity contribution in [2.75, 3.05) is 29.9 Å². The van der Waals surface area contributed by atoms with E-state index in [9.17, 15) is 18.0 Å². The van der Waals surface area contributed by atoms with Crippen LogP contribution < -0.4 is 10.2 Å². The van der Waals surface area contributed by atoms with Crippen molar-refractivity contribution in [2.24, 2.45) is 5.92 Å². The van der Waals surface area contributed by atoms with Gasteiger partial charge in [-0.2, -0.15) is 4.31 Å². The topological polar surface area (TPSA) is 86.8 Å². The van der Waals surface area contributed by atoms with Crippen LogP contribution in [0.3, 0.4) is 0 Å². The van der Waals surface area contributed by atoms with Crippen molar-refractivity contribution in [3.8, 4) is 0 Å². The molecule has 0 unspecified atom stereocenters. The molecule has 7 nitrogen and oxygen atoms in total. The Kier molecular flexibility index (Phi) is 5.87. The summed E-state index contributed by atoms with van der Waals surface area (Å²) in [5.74, 6) is -0.771. The largest absolute Gasteiger partial charge is 0.326 e. The summed E-state index contributed by atoms with van der Waals surface area (Å²) in [6.07, 6.45) is 2.98. The highest BCUT2D eigenvalue weighted by Gasteiger charge is 2.35. The Morgan fingerprint density at radius 2 is 1.60 bits per heavy atom. The predicted molar refractivity (Wildman–Crippen MR) is 115 cm³/mol. The molecular weight excluding hydrogens is 402 g/mol. The minimum Gasteiger partial charge on any atom is -0.326 e. The molecule has 0 aromatic heterocycles. The Balaban J connectivity index is 1.40.